The van der Waals surface area contributed by atoms with Crippen LogP contribution in [0.2, 0.25) is 0 Å². The summed E-state index contributed by atoms with van der Waals surface area (Å²) in [4.78, 5) is 31.7. The fourth-order valence-corrected chi connectivity index (χ4v) is 3.85. The molecule has 0 saturated carbocycles. The van der Waals surface area contributed by atoms with Gasteiger partial charge < -0.3 is 10.0 Å². The van der Waals surface area contributed by atoms with Crippen LogP contribution in [0, 0.1) is 13.8 Å². The SMILES string of the molecule is Cc1ccc(C)c(C(O)=C2C(=O)C(=O)N(Cc3cccnc3)C2c2ccccc2)c1. The van der Waals surface area contributed by atoms with Gasteiger partial charge in [0.25, 0.3) is 11.7 Å². The quantitative estimate of drug-likeness (QED) is 0.404. The molecule has 3 aromatic rings. The second-order valence-corrected chi connectivity index (χ2v) is 7.52. The van der Waals surface area contributed by atoms with E-state index in [2.05, 4.69) is 4.98 Å². The summed E-state index contributed by atoms with van der Waals surface area (Å²) in [6, 6.07) is 18.0. The molecule has 0 spiro atoms. The van der Waals surface area contributed by atoms with Crippen LogP contribution in [-0.4, -0.2) is 26.7 Å². The molecule has 30 heavy (non-hydrogen) atoms. The third-order valence-electron chi connectivity index (χ3n) is 5.38. The second-order valence-electron chi connectivity index (χ2n) is 7.52. The lowest BCUT2D eigenvalue weighted by Crippen LogP contribution is -2.29. The molecule has 1 aliphatic rings. The minimum Gasteiger partial charge on any atom is -0.507 e. The van der Waals surface area contributed by atoms with Crippen molar-refractivity contribution < 1.29 is 14.7 Å². The maximum Gasteiger partial charge on any atom is 0.295 e. The van der Waals surface area contributed by atoms with Crippen molar-refractivity contribution in [1.29, 1.82) is 0 Å². The van der Waals surface area contributed by atoms with E-state index in [9.17, 15) is 14.7 Å². The highest BCUT2D eigenvalue weighted by molar-refractivity contribution is 6.46. The number of benzene rings is 2. The van der Waals surface area contributed by atoms with Gasteiger partial charge in [-0.3, -0.25) is 14.6 Å². The number of amides is 1. The summed E-state index contributed by atoms with van der Waals surface area (Å²) in [6.45, 7) is 4.02. The molecular weight excluding hydrogens is 376 g/mol. The molecule has 1 atom stereocenters. The second kappa shape index (κ2) is 7.95. The van der Waals surface area contributed by atoms with Gasteiger partial charge in [-0.1, -0.05) is 54.1 Å². The van der Waals surface area contributed by atoms with Crippen molar-refractivity contribution >= 4 is 17.4 Å². The highest BCUT2D eigenvalue weighted by Gasteiger charge is 2.46. The van der Waals surface area contributed by atoms with Crippen molar-refractivity contribution in [2.75, 3.05) is 0 Å². The number of aromatic nitrogens is 1. The molecule has 1 fully saturated rings. The van der Waals surface area contributed by atoms with Crippen LogP contribution in [-0.2, 0) is 16.1 Å². The van der Waals surface area contributed by atoms with Gasteiger partial charge in [-0.15, -0.1) is 0 Å². The van der Waals surface area contributed by atoms with E-state index in [1.807, 2.05) is 68.4 Å². The normalized spacial score (nSPS) is 18.1. The zero-order valence-electron chi connectivity index (χ0n) is 16.9. The third kappa shape index (κ3) is 3.50. The average molecular weight is 398 g/mol. The Morgan fingerprint density at radius 3 is 2.50 bits per heavy atom. The Hall–Kier alpha value is -3.73. The number of hydrogen-bond donors (Lipinski definition) is 1. The summed E-state index contributed by atoms with van der Waals surface area (Å²) in [5, 5.41) is 11.2. The molecule has 1 saturated heterocycles. The van der Waals surface area contributed by atoms with E-state index < -0.39 is 17.7 Å². The minimum absolute atomic E-state index is 0.115. The number of hydrogen-bond acceptors (Lipinski definition) is 4. The molecular formula is C25H22N2O3. The van der Waals surface area contributed by atoms with Gasteiger partial charge in [-0.25, -0.2) is 0 Å². The minimum atomic E-state index is -0.675. The molecule has 2 heterocycles. The smallest absolute Gasteiger partial charge is 0.295 e. The van der Waals surface area contributed by atoms with Crippen LogP contribution in [0.15, 0.2) is 78.6 Å². The molecule has 4 rings (SSSR count). The van der Waals surface area contributed by atoms with E-state index in [1.54, 1.807) is 18.5 Å². The molecule has 1 unspecified atom stereocenters. The van der Waals surface area contributed by atoms with Gasteiger partial charge in [0.15, 0.2) is 0 Å². The third-order valence-corrected chi connectivity index (χ3v) is 5.38. The number of aliphatic hydroxyl groups is 1. The van der Waals surface area contributed by atoms with Crippen molar-refractivity contribution in [2.24, 2.45) is 0 Å². The van der Waals surface area contributed by atoms with Gasteiger partial charge in [0.05, 0.1) is 11.6 Å². The van der Waals surface area contributed by atoms with E-state index in [0.717, 1.165) is 22.3 Å². The van der Waals surface area contributed by atoms with E-state index in [0.29, 0.717) is 5.56 Å². The van der Waals surface area contributed by atoms with Gasteiger partial charge in [0.1, 0.15) is 5.76 Å². The van der Waals surface area contributed by atoms with Crippen LogP contribution < -0.4 is 0 Å². The fourth-order valence-electron chi connectivity index (χ4n) is 3.85. The highest BCUT2D eigenvalue weighted by atomic mass is 16.3. The first kappa shape index (κ1) is 19.6. The first-order valence-corrected chi connectivity index (χ1v) is 9.77. The number of ketones is 1. The van der Waals surface area contributed by atoms with Gasteiger partial charge in [-0.05, 0) is 42.7 Å². The summed E-state index contributed by atoms with van der Waals surface area (Å²) in [5.74, 6) is -1.44. The molecule has 1 aliphatic heterocycles. The van der Waals surface area contributed by atoms with Crippen LogP contribution >= 0.6 is 0 Å². The number of pyridine rings is 1. The monoisotopic (exact) mass is 398 g/mol. The lowest BCUT2D eigenvalue weighted by Gasteiger charge is -2.25. The molecule has 1 amide bonds. The van der Waals surface area contributed by atoms with Crippen LogP contribution in [0.5, 0.6) is 0 Å². The van der Waals surface area contributed by atoms with E-state index in [4.69, 9.17) is 0 Å². The number of carbonyl (C=O) groups excluding carboxylic acids is 2. The standard InChI is InChI=1S/C25H22N2O3/c1-16-10-11-17(2)20(13-16)23(28)21-22(19-8-4-3-5-9-19)27(25(30)24(21)29)15-18-7-6-12-26-14-18/h3-14,22,28H,15H2,1-2H3. The Morgan fingerprint density at radius 1 is 1.03 bits per heavy atom. The number of carbonyl (C=O) groups is 2. The Morgan fingerprint density at radius 2 is 1.80 bits per heavy atom. The maximum absolute atomic E-state index is 13.1. The van der Waals surface area contributed by atoms with Gasteiger partial charge in [-0.2, -0.15) is 0 Å². The van der Waals surface area contributed by atoms with Crippen molar-refractivity contribution in [2.45, 2.75) is 26.4 Å². The fraction of sp³-hybridized carbons (Fsp3) is 0.160. The zero-order valence-corrected chi connectivity index (χ0v) is 16.9. The lowest BCUT2D eigenvalue weighted by molar-refractivity contribution is -0.140. The van der Waals surface area contributed by atoms with Crippen LogP contribution in [0.4, 0.5) is 0 Å². The first-order valence-electron chi connectivity index (χ1n) is 9.77. The zero-order chi connectivity index (χ0) is 21.3. The van der Waals surface area contributed by atoms with Crippen molar-refractivity contribution in [3.63, 3.8) is 0 Å². The molecule has 5 nitrogen and oxygen atoms in total. The van der Waals surface area contributed by atoms with Crippen molar-refractivity contribution in [3.05, 3.63) is 106 Å². The molecule has 1 N–H and O–H groups in total. The number of likely N-dealkylation sites (tertiary alicyclic amines) is 1. The van der Waals surface area contributed by atoms with Crippen LogP contribution in [0.1, 0.15) is 33.9 Å². The Labute approximate surface area is 175 Å². The molecule has 2 aromatic carbocycles. The number of aliphatic hydroxyl groups excluding tert-OH is 1. The predicted molar refractivity (Wildman–Crippen MR) is 114 cm³/mol. The van der Waals surface area contributed by atoms with E-state index >= 15 is 0 Å². The Bertz CT molecular complexity index is 1140. The summed E-state index contributed by atoms with van der Waals surface area (Å²) in [6.07, 6.45) is 3.33. The molecule has 5 heteroatoms. The summed E-state index contributed by atoms with van der Waals surface area (Å²) in [7, 11) is 0. The molecule has 0 radical (unpaired) electrons. The van der Waals surface area contributed by atoms with E-state index in [1.165, 1.54) is 4.90 Å². The number of Topliss-reactive ketones (excluding diaryl/α,β-unsaturated/α-hetero) is 1. The maximum atomic E-state index is 13.1. The number of nitrogens with zero attached hydrogens (tertiary/aromatic N) is 2. The van der Waals surface area contributed by atoms with Gasteiger partial charge in [0, 0.05) is 24.5 Å². The van der Waals surface area contributed by atoms with Crippen LogP contribution in [0.25, 0.3) is 5.76 Å². The van der Waals surface area contributed by atoms with Crippen molar-refractivity contribution in [3.8, 4) is 0 Å². The predicted octanol–water partition coefficient (Wildman–Crippen LogP) is 4.32. The Balaban J connectivity index is 1.89. The molecule has 1 aromatic heterocycles. The van der Waals surface area contributed by atoms with Crippen molar-refractivity contribution in [1.82, 2.24) is 9.88 Å². The van der Waals surface area contributed by atoms with Gasteiger partial charge in [0.2, 0.25) is 0 Å². The lowest BCUT2D eigenvalue weighted by atomic mass is 9.93. The van der Waals surface area contributed by atoms with E-state index in [-0.39, 0.29) is 17.9 Å². The first-order chi connectivity index (χ1) is 14.5. The summed E-state index contributed by atoms with van der Waals surface area (Å²) >= 11 is 0. The molecule has 150 valence electrons. The highest BCUT2D eigenvalue weighted by Crippen LogP contribution is 2.40. The summed E-state index contributed by atoms with van der Waals surface area (Å²) in [5.41, 5.74) is 4.06. The Kier molecular flexibility index (Phi) is 5.19. The number of rotatable bonds is 4. The average Bonchev–Trinajstić information content (AvgIpc) is 3.01. The number of aryl methyl sites for hydroxylation is 2. The topological polar surface area (TPSA) is 70.5 Å². The summed E-state index contributed by atoms with van der Waals surface area (Å²) < 4.78 is 0. The van der Waals surface area contributed by atoms with Gasteiger partial charge >= 0.3 is 0 Å². The van der Waals surface area contributed by atoms with Crippen LogP contribution in [0.3, 0.4) is 0 Å². The molecule has 0 aliphatic carbocycles. The largest absolute Gasteiger partial charge is 0.507 e. The molecule has 0 bridgehead atoms.